The third kappa shape index (κ3) is 3.03. The van der Waals surface area contributed by atoms with Crippen molar-refractivity contribution in [2.24, 2.45) is 0 Å². The van der Waals surface area contributed by atoms with Gasteiger partial charge >= 0.3 is 0 Å². The minimum atomic E-state index is -0.316. The lowest BCUT2D eigenvalue weighted by Crippen LogP contribution is -2.12. The van der Waals surface area contributed by atoms with E-state index in [1.54, 1.807) is 0 Å². The first-order valence-corrected chi connectivity index (χ1v) is 8.64. The van der Waals surface area contributed by atoms with Crippen LogP contribution >= 0.6 is 0 Å². The number of hydrogen-bond acceptors (Lipinski definition) is 5. The highest BCUT2D eigenvalue weighted by molar-refractivity contribution is 5.76. The minimum Gasteiger partial charge on any atom is -0.420 e. The molecular formula is C20H21N3O2. The molecule has 1 aromatic heterocycles. The number of anilines is 2. The van der Waals surface area contributed by atoms with Crippen LogP contribution in [0.25, 0.3) is 11.5 Å². The number of aliphatic hydroxyl groups excluding tert-OH is 1. The van der Waals surface area contributed by atoms with E-state index in [9.17, 15) is 5.11 Å². The Labute approximate surface area is 146 Å². The maximum absolute atomic E-state index is 9.54. The van der Waals surface area contributed by atoms with E-state index in [1.165, 1.54) is 5.56 Å². The molecule has 5 nitrogen and oxygen atoms in total. The highest BCUT2D eigenvalue weighted by Gasteiger charge is 2.48. The molecule has 2 N–H and O–H groups in total. The van der Waals surface area contributed by atoms with E-state index < -0.39 is 0 Å². The smallest absolute Gasteiger partial charge is 0.249 e. The molecule has 3 aromatic rings. The van der Waals surface area contributed by atoms with E-state index in [0.717, 1.165) is 36.2 Å². The third-order valence-electron chi connectivity index (χ3n) is 4.83. The third-order valence-corrected chi connectivity index (χ3v) is 4.83. The Hall–Kier alpha value is -2.66. The Morgan fingerprint density at radius 2 is 1.84 bits per heavy atom. The number of aliphatic hydroxyl groups is 1. The van der Waals surface area contributed by atoms with Crippen molar-refractivity contribution < 1.29 is 9.52 Å². The molecule has 0 aliphatic heterocycles. The highest BCUT2D eigenvalue weighted by atomic mass is 16.4. The fourth-order valence-electron chi connectivity index (χ4n) is 2.89. The number of hydrogen-bond donors (Lipinski definition) is 2. The van der Waals surface area contributed by atoms with Gasteiger partial charge in [-0.05, 0) is 49.1 Å². The van der Waals surface area contributed by atoms with Crippen LogP contribution < -0.4 is 5.32 Å². The van der Waals surface area contributed by atoms with Crippen LogP contribution in [0.15, 0.2) is 52.9 Å². The molecule has 0 saturated heterocycles. The van der Waals surface area contributed by atoms with Gasteiger partial charge in [0.2, 0.25) is 11.8 Å². The number of nitrogens with zero attached hydrogens (tertiary/aromatic N) is 2. The van der Waals surface area contributed by atoms with Gasteiger partial charge in [-0.1, -0.05) is 31.2 Å². The maximum Gasteiger partial charge on any atom is 0.249 e. The van der Waals surface area contributed by atoms with Gasteiger partial charge in [0.25, 0.3) is 0 Å². The lowest BCUT2D eigenvalue weighted by Gasteiger charge is -2.10. The fourth-order valence-corrected chi connectivity index (χ4v) is 2.89. The molecule has 0 bridgehead atoms. The lowest BCUT2D eigenvalue weighted by atomic mass is 10.1. The number of nitrogens with one attached hydrogen (secondary N) is 1. The molecule has 0 atom stereocenters. The molecule has 1 aliphatic carbocycles. The first-order chi connectivity index (χ1) is 12.2. The first kappa shape index (κ1) is 15.8. The van der Waals surface area contributed by atoms with Gasteiger partial charge in [0, 0.05) is 5.69 Å². The van der Waals surface area contributed by atoms with Gasteiger partial charge in [-0.25, -0.2) is 0 Å². The summed E-state index contributed by atoms with van der Waals surface area (Å²) in [4.78, 5) is 0. The van der Waals surface area contributed by atoms with E-state index in [4.69, 9.17) is 4.42 Å². The molecule has 5 heteroatoms. The normalized spacial score (nSPS) is 15.1. The molecule has 2 aromatic carbocycles. The summed E-state index contributed by atoms with van der Waals surface area (Å²) in [6.07, 6.45) is 2.82. The lowest BCUT2D eigenvalue weighted by molar-refractivity contribution is 0.233. The van der Waals surface area contributed by atoms with Gasteiger partial charge in [-0.15, -0.1) is 10.2 Å². The second kappa shape index (κ2) is 6.33. The molecule has 4 rings (SSSR count). The maximum atomic E-state index is 9.54. The first-order valence-electron chi connectivity index (χ1n) is 8.64. The minimum absolute atomic E-state index is 0.0539. The molecule has 1 fully saturated rings. The Balaban J connectivity index is 1.62. The molecule has 0 spiro atoms. The summed E-state index contributed by atoms with van der Waals surface area (Å²) in [7, 11) is 0. The van der Waals surface area contributed by atoms with Crippen LogP contribution in [-0.2, 0) is 11.8 Å². The molecule has 25 heavy (non-hydrogen) atoms. The second-order valence-corrected chi connectivity index (χ2v) is 6.57. The average Bonchev–Trinajstić information content (AvgIpc) is 3.31. The van der Waals surface area contributed by atoms with E-state index in [-0.39, 0.29) is 12.0 Å². The summed E-state index contributed by atoms with van der Waals surface area (Å²) in [6.45, 7) is 2.20. The standard InChI is InChI=1S/C20H21N3O2/c1-2-14-7-9-15(10-8-14)21-17-6-4-3-5-16(17)18-22-23-19(25-18)20(13-24)11-12-20/h3-10,21,24H,2,11-13H2,1H3. The van der Waals surface area contributed by atoms with Gasteiger partial charge < -0.3 is 14.8 Å². The largest absolute Gasteiger partial charge is 0.420 e. The monoisotopic (exact) mass is 335 g/mol. The van der Waals surface area contributed by atoms with Crippen LogP contribution in [0.1, 0.15) is 31.2 Å². The van der Waals surface area contributed by atoms with Crippen LogP contribution in [0.2, 0.25) is 0 Å². The van der Waals surface area contributed by atoms with Crippen molar-refractivity contribution in [1.82, 2.24) is 10.2 Å². The van der Waals surface area contributed by atoms with E-state index in [0.29, 0.717) is 11.8 Å². The molecule has 1 heterocycles. The topological polar surface area (TPSA) is 71.2 Å². The van der Waals surface area contributed by atoms with Gasteiger partial charge in [-0.2, -0.15) is 0 Å². The van der Waals surface area contributed by atoms with Gasteiger partial charge in [0.15, 0.2) is 0 Å². The summed E-state index contributed by atoms with van der Waals surface area (Å²) in [5.74, 6) is 1.01. The molecular weight excluding hydrogens is 314 g/mol. The van der Waals surface area contributed by atoms with Crippen molar-refractivity contribution >= 4 is 11.4 Å². The van der Waals surface area contributed by atoms with Crippen molar-refractivity contribution in [2.45, 2.75) is 31.6 Å². The van der Waals surface area contributed by atoms with Crippen LogP contribution in [0, 0.1) is 0 Å². The summed E-state index contributed by atoms with van der Waals surface area (Å²) in [5.41, 5.74) is 3.77. The number of benzene rings is 2. The predicted octanol–water partition coefficient (Wildman–Crippen LogP) is 4.07. The Kier molecular flexibility index (Phi) is 4.01. The number of rotatable bonds is 6. The van der Waals surface area contributed by atoms with E-state index in [1.807, 2.05) is 24.3 Å². The number of aryl methyl sites for hydroxylation is 1. The molecule has 0 unspecified atom stereocenters. The van der Waals surface area contributed by atoms with Crippen molar-refractivity contribution in [2.75, 3.05) is 11.9 Å². The Morgan fingerprint density at radius 1 is 1.08 bits per heavy atom. The number of para-hydroxylation sites is 1. The quantitative estimate of drug-likeness (QED) is 0.710. The van der Waals surface area contributed by atoms with Crippen molar-refractivity contribution in [1.29, 1.82) is 0 Å². The summed E-state index contributed by atoms with van der Waals surface area (Å²) in [5, 5.41) is 21.3. The van der Waals surface area contributed by atoms with E-state index >= 15 is 0 Å². The molecule has 128 valence electrons. The fraction of sp³-hybridized carbons (Fsp3) is 0.300. The number of aromatic nitrogens is 2. The van der Waals surface area contributed by atoms with Crippen LogP contribution in [-0.4, -0.2) is 21.9 Å². The van der Waals surface area contributed by atoms with Crippen molar-refractivity contribution in [3.63, 3.8) is 0 Å². The zero-order valence-electron chi connectivity index (χ0n) is 14.2. The summed E-state index contributed by atoms with van der Waals surface area (Å²) in [6, 6.07) is 16.2. The molecule has 1 saturated carbocycles. The Bertz CT molecular complexity index is 867. The van der Waals surface area contributed by atoms with Gasteiger partial charge in [-0.3, -0.25) is 0 Å². The van der Waals surface area contributed by atoms with Crippen molar-refractivity contribution in [3.05, 3.63) is 60.0 Å². The zero-order chi connectivity index (χ0) is 17.3. The average molecular weight is 335 g/mol. The predicted molar refractivity (Wildman–Crippen MR) is 96.8 cm³/mol. The van der Waals surface area contributed by atoms with Gasteiger partial charge in [0.05, 0.1) is 23.3 Å². The van der Waals surface area contributed by atoms with Gasteiger partial charge in [0.1, 0.15) is 0 Å². The summed E-state index contributed by atoms with van der Waals surface area (Å²) >= 11 is 0. The van der Waals surface area contributed by atoms with Crippen LogP contribution in [0.3, 0.4) is 0 Å². The van der Waals surface area contributed by atoms with Crippen LogP contribution in [0.4, 0.5) is 11.4 Å². The molecule has 1 aliphatic rings. The highest BCUT2D eigenvalue weighted by Crippen LogP contribution is 2.47. The molecule has 0 radical (unpaired) electrons. The second-order valence-electron chi connectivity index (χ2n) is 6.57. The summed E-state index contributed by atoms with van der Waals surface area (Å²) < 4.78 is 5.88. The van der Waals surface area contributed by atoms with E-state index in [2.05, 4.69) is 46.7 Å². The molecule has 0 amide bonds. The zero-order valence-corrected chi connectivity index (χ0v) is 14.2. The SMILES string of the molecule is CCc1ccc(Nc2ccccc2-c2nnc(C3(CO)CC3)o2)cc1. The Morgan fingerprint density at radius 3 is 2.52 bits per heavy atom. The van der Waals surface area contributed by atoms with Crippen molar-refractivity contribution in [3.8, 4) is 11.5 Å². The van der Waals surface area contributed by atoms with Crippen LogP contribution in [0.5, 0.6) is 0 Å².